The van der Waals surface area contributed by atoms with Crippen LogP contribution in [0.5, 0.6) is 0 Å². The van der Waals surface area contributed by atoms with E-state index in [1.807, 2.05) is 31.3 Å². The standard InChI is InChI=1S/C20H18F3N3O2S/c1-12-7-8-14(9-13(12)2)26-18(28)15-5-3-4-6-16(15)25-19(26)29-10-17(27)24-11-20(21,22)23/h3-9H,10-11H2,1-2H3,(H,24,27). The van der Waals surface area contributed by atoms with E-state index in [4.69, 9.17) is 0 Å². The lowest BCUT2D eigenvalue weighted by Gasteiger charge is -2.14. The number of aromatic nitrogens is 2. The first-order valence-electron chi connectivity index (χ1n) is 8.71. The molecule has 152 valence electrons. The van der Waals surface area contributed by atoms with Gasteiger partial charge < -0.3 is 5.32 Å². The van der Waals surface area contributed by atoms with E-state index < -0.39 is 18.6 Å². The second-order valence-corrected chi connectivity index (χ2v) is 7.44. The predicted molar refractivity (Wildman–Crippen MR) is 107 cm³/mol. The van der Waals surface area contributed by atoms with Crippen LogP contribution < -0.4 is 10.9 Å². The summed E-state index contributed by atoms with van der Waals surface area (Å²) < 4.78 is 38.2. The van der Waals surface area contributed by atoms with E-state index in [-0.39, 0.29) is 16.5 Å². The molecule has 0 spiro atoms. The van der Waals surface area contributed by atoms with E-state index in [0.717, 1.165) is 22.9 Å². The Labute approximate surface area is 169 Å². The summed E-state index contributed by atoms with van der Waals surface area (Å²) in [4.78, 5) is 29.4. The molecule has 29 heavy (non-hydrogen) atoms. The monoisotopic (exact) mass is 421 g/mol. The van der Waals surface area contributed by atoms with Gasteiger partial charge in [-0.05, 0) is 49.2 Å². The van der Waals surface area contributed by atoms with Crippen molar-refractivity contribution in [3.63, 3.8) is 0 Å². The summed E-state index contributed by atoms with van der Waals surface area (Å²) in [5, 5.41) is 2.47. The number of hydrogen-bond donors (Lipinski definition) is 1. The molecule has 3 aromatic rings. The third-order valence-corrected chi connectivity index (χ3v) is 5.25. The lowest BCUT2D eigenvalue weighted by Crippen LogP contribution is -2.35. The van der Waals surface area contributed by atoms with Crippen LogP contribution in [0.15, 0.2) is 52.4 Å². The molecule has 0 atom stereocenters. The maximum Gasteiger partial charge on any atom is 0.405 e. The zero-order valence-electron chi connectivity index (χ0n) is 15.7. The highest BCUT2D eigenvalue weighted by atomic mass is 32.2. The number of carbonyl (C=O) groups is 1. The molecule has 0 aliphatic rings. The minimum absolute atomic E-state index is 0.235. The average Bonchev–Trinajstić information content (AvgIpc) is 2.66. The molecule has 1 aromatic heterocycles. The minimum Gasteiger partial charge on any atom is -0.346 e. The van der Waals surface area contributed by atoms with E-state index in [1.165, 1.54) is 4.57 Å². The fourth-order valence-corrected chi connectivity index (χ4v) is 3.52. The van der Waals surface area contributed by atoms with Gasteiger partial charge in [-0.25, -0.2) is 4.98 Å². The zero-order chi connectivity index (χ0) is 21.2. The van der Waals surface area contributed by atoms with Crippen molar-refractivity contribution < 1.29 is 18.0 Å². The van der Waals surface area contributed by atoms with Crippen LogP contribution in [0.1, 0.15) is 11.1 Å². The second kappa shape index (κ2) is 8.28. The molecule has 9 heteroatoms. The molecule has 1 heterocycles. The number of thioether (sulfide) groups is 1. The Hall–Kier alpha value is -2.81. The van der Waals surface area contributed by atoms with Gasteiger partial charge in [0.2, 0.25) is 5.91 Å². The second-order valence-electron chi connectivity index (χ2n) is 6.50. The average molecular weight is 421 g/mol. The first kappa shape index (κ1) is 20.9. The number of benzene rings is 2. The number of para-hydroxylation sites is 1. The highest BCUT2D eigenvalue weighted by molar-refractivity contribution is 7.99. The van der Waals surface area contributed by atoms with Crippen molar-refractivity contribution in [1.82, 2.24) is 14.9 Å². The number of carbonyl (C=O) groups excluding carboxylic acids is 1. The van der Waals surface area contributed by atoms with Crippen LogP contribution in [0.4, 0.5) is 13.2 Å². The SMILES string of the molecule is Cc1ccc(-n2c(SCC(=O)NCC(F)(F)F)nc3ccccc3c2=O)cc1C. The summed E-state index contributed by atoms with van der Waals surface area (Å²) in [6.07, 6.45) is -4.48. The molecule has 2 aromatic carbocycles. The topological polar surface area (TPSA) is 64.0 Å². The number of hydrogen-bond acceptors (Lipinski definition) is 4. The molecule has 1 amide bonds. The van der Waals surface area contributed by atoms with Crippen LogP contribution >= 0.6 is 11.8 Å². The Morgan fingerprint density at radius 3 is 2.55 bits per heavy atom. The summed E-state index contributed by atoms with van der Waals surface area (Å²) in [6, 6.07) is 12.3. The molecule has 0 radical (unpaired) electrons. The quantitative estimate of drug-likeness (QED) is 0.503. The van der Waals surface area contributed by atoms with Gasteiger partial charge in [0.05, 0.1) is 22.3 Å². The molecule has 0 bridgehead atoms. The Balaban J connectivity index is 2.00. The number of amides is 1. The summed E-state index contributed by atoms with van der Waals surface area (Å²) in [5.41, 5.74) is 2.75. The molecule has 0 aliphatic heterocycles. The minimum atomic E-state index is -4.48. The van der Waals surface area contributed by atoms with Gasteiger partial charge in [0, 0.05) is 0 Å². The van der Waals surface area contributed by atoms with Crippen molar-refractivity contribution in [2.24, 2.45) is 0 Å². The van der Waals surface area contributed by atoms with Crippen molar-refractivity contribution in [2.45, 2.75) is 25.2 Å². The third kappa shape index (κ3) is 4.97. The van der Waals surface area contributed by atoms with E-state index in [0.29, 0.717) is 16.6 Å². The van der Waals surface area contributed by atoms with Crippen LogP contribution in [0.25, 0.3) is 16.6 Å². The maximum atomic E-state index is 13.1. The third-order valence-electron chi connectivity index (χ3n) is 4.31. The molecular weight excluding hydrogens is 403 g/mol. The number of halogens is 3. The number of rotatable bonds is 5. The van der Waals surface area contributed by atoms with Gasteiger partial charge in [0.25, 0.3) is 5.56 Å². The molecule has 0 unspecified atom stereocenters. The molecule has 0 saturated heterocycles. The lowest BCUT2D eigenvalue weighted by atomic mass is 10.1. The fraction of sp³-hybridized carbons (Fsp3) is 0.250. The smallest absolute Gasteiger partial charge is 0.346 e. The largest absolute Gasteiger partial charge is 0.405 e. The number of nitrogens with zero attached hydrogens (tertiary/aromatic N) is 2. The Bertz CT molecular complexity index is 1130. The highest BCUT2D eigenvalue weighted by Gasteiger charge is 2.27. The molecule has 5 nitrogen and oxygen atoms in total. The summed E-state index contributed by atoms with van der Waals surface area (Å²) in [6.45, 7) is 2.46. The van der Waals surface area contributed by atoms with Crippen LogP contribution in [0, 0.1) is 13.8 Å². The first-order valence-corrected chi connectivity index (χ1v) is 9.70. The Kier molecular flexibility index (Phi) is 5.97. The Morgan fingerprint density at radius 1 is 1.14 bits per heavy atom. The summed E-state index contributed by atoms with van der Waals surface area (Å²) in [7, 11) is 0. The summed E-state index contributed by atoms with van der Waals surface area (Å²) in [5.74, 6) is -1.09. The first-order chi connectivity index (χ1) is 13.7. The van der Waals surface area contributed by atoms with Crippen LogP contribution in [0.2, 0.25) is 0 Å². The van der Waals surface area contributed by atoms with Crippen molar-refractivity contribution in [2.75, 3.05) is 12.3 Å². The van der Waals surface area contributed by atoms with E-state index in [1.54, 1.807) is 30.3 Å². The van der Waals surface area contributed by atoms with Gasteiger partial charge in [-0.1, -0.05) is 30.0 Å². The van der Waals surface area contributed by atoms with Gasteiger partial charge >= 0.3 is 6.18 Å². The van der Waals surface area contributed by atoms with Crippen LogP contribution in [0.3, 0.4) is 0 Å². The number of aryl methyl sites for hydroxylation is 2. The van der Waals surface area contributed by atoms with Gasteiger partial charge in [-0.2, -0.15) is 13.2 Å². The maximum absolute atomic E-state index is 13.1. The number of alkyl halides is 3. The van der Waals surface area contributed by atoms with Gasteiger partial charge in [0.1, 0.15) is 6.54 Å². The van der Waals surface area contributed by atoms with Crippen molar-refractivity contribution in [3.8, 4) is 5.69 Å². The lowest BCUT2D eigenvalue weighted by molar-refractivity contribution is -0.136. The van der Waals surface area contributed by atoms with E-state index in [9.17, 15) is 22.8 Å². The molecule has 3 rings (SSSR count). The molecule has 1 N–H and O–H groups in total. The van der Waals surface area contributed by atoms with Gasteiger partial charge in [0.15, 0.2) is 5.16 Å². The van der Waals surface area contributed by atoms with Crippen molar-refractivity contribution >= 4 is 28.6 Å². The van der Waals surface area contributed by atoms with Gasteiger partial charge in [-0.3, -0.25) is 14.2 Å². The zero-order valence-corrected chi connectivity index (χ0v) is 16.5. The number of fused-ring (bicyclic) bond motifs is 1. The van der Waals surface area contributed by atoms with E-state index in [2.05, 4.69) is 4.98 Å². The normalized spacial score (nSPS) is 11.6. The van der Waals surface area contributed by atoms with Crippen LogP contribution in [-0.4, -0.2) is 33.9 Å². The molecular formula is C20H18F3N3O2S. The predicted octanol–water partition coefficient (Wildman–Crippen LogP) is 3.77. The molecule has 0 aliphatic carbocycles. The highest BCUT2D eigenvalue weighted by Crippen LogP contribution is 2.23. The van der Waals surface area contributed by atoms with E-state index >= 15 is 0 Å². The molecule has 0 fully saturated rings. The fourth-order valence-electron chi connectivity index (χ4n) is 2.68. The number of nitrogens with one attached hydrogen (secondary N) is 1. The summed E-state index contributed by atoms with van der Waals surface area (Å²) >= 11 is 0.912. The van der Waals surface area contributed by atoms with Crippen molar-refractivity contribution in [3.05, 3.63) is 63.9 Å². The van der Waals surface area contributed by atoms with Crippen LogP contribution in [-0.2, 0) is 4.79 Å². The molecule has 0 saturated carbocycles. The Morgan fingerprint density at radius 2 is 1.86 bits per heavy atom. The van der Waals surface area contributed by atoms with Gasteiger partial charge in [-0.15, -0.1) is 0 Å². The van der Waals surface area contributed by atoms with Crippen molar-refractivity contribution in [1.29, 1.82) is 0 Å².